The van der Waals surface area contributed by atoms with Gasteiger partial charge in [-0.15, -0.1) is 0 Å². The van der Waals surface area contributed by atoms with Crippen LogP contribution in [0.3, 0.4) is 0 Å². The van der Waals surface area contributed by atoms with Crippen molar-refractivity contribution < 1.29 is 13.2 Å². The molecule has 108 valence electrons. The third kappa shape index (κ3) is 4.94. The highest BCUT2D eigenvalue weighted by Gasteiger charge is 2.18. The van der Waals surface area contributed by atoms with Gasteiger partial charge >= 0.3 is 0 Å². The smallest absolute Gasteiger partial charge is 0.242 e. The summed E-state index contributed by atoms with van der Waals surface area (Å²) in [7, 11) is -3.76. The molecule has 1 rings (SSSR count). The first kappa shape index (κ1) is 16.7. The molecule has 1 N–H and O–H groups in total. The van der Waals surface area contributed by atoms with Gasteiger partial charge in [-0.3, -0.25) is 0 Å². The van der Waals surface area contributed by atoms with Gasteiger partial charge in [-0.1, -0.05) is 23.8 Å². The van der Waals surface area contributed by atoms with Gasteiger partial charge in [0.2, 0.25) is 10.0 Å². The molecule has 0 radical (unpaired) electrons. The van der Waals surface area contributed by atoms with Crippen LogP contribution in [-0.4, -0.2) is 28.2 Å². The number of sulfonamides is 1. The second kappa shape index (κ2) is 7.41. The average molecular weight is 315 g/mol. The van der Waals surface area contributed by atoms with Crippen LogP contribution in [0.15, 0.2) is 35.2 Å². The maximum absolute atomic E-state index is 12.0. The van der Waals surface area contributed by atoms with Crippen LogP contribution in [-0.2, 0) is 14.8 Å². The molecule has 7 heteroatoms. The summed E-state index contributed by atoms with van der Waals surface area (Å²) in [6.07, 6.45) is 0. The largest absolute Gasteiger partial charge is 0.376 e. The van der Waals surface area contributed by atoms with Crippen molar-refractivity contribution in [1.29, 1.82) is 5.26 Å². The Morgan fingerprint density at radius 1 is 1.55 bits per heavy atom. The van der Waals surface area contributed by atoms with Gasteiger partial charge in [0, 0.05) is 6.54 Å². The van der Waals surface area contributed by atoms with Gasteiger partial charge in [0.25, 0.3) is 0 Å². The third-order valence-electron chi connectivity index (χ3n) is 2.24. The minimum atomic E-state index is -3.76. The maximum Gasteiger partial charge on any atom is 0.242 e. The molecule has 0 atom stereocenters. The molecule has 0 amide bonds. The number of rotatable bonds is 7. The summed E-state index contributed by atoms with van der Waals surface area (Å²) in [6, 6.07) is 5.94. The minimum Gasteiger partial charge on any atom is -0.376 e. The van der Waals surface area contributed by atoms with Gasteiger partial charge in [-0.25, -0.2) is 13.1 Å². The van der Waals surface area contributed by atoms with Crippen LogP contribution in [0.4, 0.5) is 0 Å². The Bertz CT molecular complexity index is 636. The molecule has 0 saturated heterocycles. The molecule has 5 nitrogen and oxygen atoms in total. The average Bonchev–Trinajstić information content (AvgIpc) is 2.38. The zero-order valence-corrected chi connectivity index (χ0v) is 12.6. The predicted molar refractivity (Wildman–Crippen MR) is 77.0 cm³/mol. The zero-order valence-electron chi connectivity index (χ0n) is 11.0. The molecule has 0 aliphatic rings. The molecule has 0 bridgehead atoms. The topological polar surface area (TPSA) is 79.2 Å². The fraction of sp³-hybridized carbons (Fsp3) is 0.308. The van der Waals surface area contributed by atoms with Crippen LogP contribution in [0.1, 0.15) is 12.5 Å². The molecule has 20 heavy (non-hydrogen) atoms. The fourth-order valence-electron chi connectivity index (χ4n) is 1.35. The summed E-state index contributed by atoms with van der Waals surface area (Å²) in [5, 5.41) is 8.85. The molecule has 0 heterocycles. The van der Waals surface area contributed by atoms with Crippen molar-refractivity contribution in [1.82, 2.24) is 4.72 Å². The second-order valence-corrected chi connectivity index (χ2v) is 6.31. The quantitative estimate of drug-likeness (QED) is 0.617. The van der Waals surface area contributed by atoms with Gasteiger partial charge in [0.15, 0.2) is 0 Å². The van der Waals surface area contributed by atoms with Crippen molar-refractivity contribution in [3.8, 4) is 6.07 Å². The Labute approximate surface area is 123 Å². The Morgan fingerprint density at radius 3 is 2.85 bits per heavy atom. The lowest BCUT2D eigenvalue weighted by molar-refractivity contribution is 0.162. The van der Waals surface area contributed by atoms with E-state index in [-0.39, 0.29) is 28.6 Å². The summed E-state index contributed by atoms with van der Waals surface area (Å²) in [5.74, 6) is 0. The SMILES string of the molecule is C=C(C)COCCNS(=O)(=O)c1cc(C#N)ccc1Cl. The van der Waals surface area contributed by atoms with Crippen LogP contribution in [0, 0.1) is 11.3 Å². The first-order valence-electron chi connectivity index (χ1n) is 5.78. The van der Waals surface area contributed by atoms with Gasteiger partial charge < -0.3 is 4.74 Å². The van der Waals surface area contributed by atoms with Crippen molar-refractivity contribution in [2.45, 2.75) is 11.8 Å². The lowest BCUT2D eigenvalue weighted by atomic mass is 10.2. The van der Waals surface area contributed by atoms with E-state index in [0.717, 1.165) is 5.57 Å². The van der Waals surface area contributed by atoms with E-state index in [2.05, 4.69) is 11.3 Å². The highest BCUT2D eigenvalue weighted by molar-refractivity contribution is 7.89. The van der Waals surface area contributed by atoms with Crippen molar-refractivity contribution in [3.63, 3.8) is 0 Å². The number of hydrogen-bond donors (Lipinski definition) is 1. The first-order chi connectivity index (χ1) is 9.36. The molecule has 0 fully saturated rings. The van der Waals surface area contributed by atoms with E-state index >= 15 is 0 Å². The third-order valence-corrected chi connectivity index (χ3v) is 4.18. The highest BCUT2D eigenvalue weighted by atomic mass is 35.5. The molecular weight excluding hydrogens is 300 g/mol. The van der Waals surface area contributed by atoms with Crippen LogP contribution in [0.2, 0.25) is 5.02 Å². The maximum atomic E-state index is 12.0. The molecular formula is C13H15ClN2O3S. The van der Waals surface area contributed by atoms with Crippen molar-refractivity contribution in [2.75, 3.05) is 19.8 Å². The van der Waals surface area contributed by atoms with Gasteiger partial charge in [0.05, 0.1) is 29.9 Å². The summed E-state index contributed by atoms with van der Waals surface area (Å²) in [6.45, 7) is 6.20. The van der Waals surface area contributed by atoms with E-state index < -0.39 is 10.0 Å². The van der Waals surface area contributed by atoms with E-state index in [0.29, 0.717) is 6.61 Å². The summed E-state index contributed by atoms with van der Waals surface area (Å²) < 4.78 is 31.6. The van der Waals surface area contributed by atoms with Crippen molar-refractivity contribution in [3.05, 3.63) is 40.9 Å². The van der Waals surface area contributed by atoms with Gasteiger partial charge in [0.1, 0.15) is 4.90 Å². The van der Waals surface area contributed by atoms with E-state index in [1.165, 1.54) is 18.2 Å². The van der Waals surface area contributed by atoms with Crippen LogP contribution >= 0.6 is 11.6 Å². The monoisotopic (exact) mass is 314 g/mol. The zero-order chi connectivity index (χ0) is 15.2. The van der Waals surface area contributed by atoms with E-state index in [4.69, 9.17) is 21.6 Å². The predicted octanol–water partition coefficient (Wildman–Crippen LogP) is 2.08. The normalized spacial score (nSPS) is 11.1. The van der Waals surface area contributed by atoms with Crippen LogP contribution in [0.5, 0.6) is 0 Å². The number of nitrogens with one attached hydrogen (secondary N) is 1. The number of nitriles is 1. The number of ether oxygens (including phenoxy) is 1. The van der Waals surface area contributed by atoms with Crippen LogP contribution < -0.4 is 4.72 Å². The van der Waals surface area contributed by atoms with Gasteiger partial charge in [-0.05, 0) is 25.1 Å². The molecule has 1 aromatic carbocycles. The Morgan fingerprint density at radius 2 is 2.25 bits per heavy atom. The summed E-state index contributed by atoms with van der Waals surface area (Å²) in [5.41, 5.74) is 1.09. The Hall–Kier alpha value is -1.39. The molecule has 0 aliphatic heterocycles. The van der Waals surface area contributed by atoms with E-state index in [9.17, 15) is 8.42 Å². The standard InChI is InChI=1S/C13H15ClN2O3S/c1-10(2)9-19-6-5-16-20(17,18)13-7-11(8-15)3-4-12(13)14/h3-4,7,16H,1,5-6,9H2,2H3. The lowest BCUT2D eigenvalue weighted by Crippen LogP contribution is -2.28. The lowest BCUT2D eigenvalue weighted by Gasteiger charge is -2.09. The number of nitrogens with zero attached hydrogens (tertiary/aromatic N) is 1. The number of hydrogen-bond acceptors (Lipinski definition) is 4. The number of benzene rings is 1. The minimum absolute atomic E-state index is 0.0688. The number of halogens is 1. The van der Waals surface area contributed by atoms with Gasteiger partial charge in [-0.2, -0.15) is 5.26 Å². The van der Waals surface area contributed by atoms with E-state index in [1.807, 2.05) is 13.0 Å². The molecule has 1 aromatic rings. The molecule has 0 aromatic heterocycles. The van der Waals surface area contributed by atoms with Crippen molar-refractivity contribution >= 4 is 21.6 Å². The summed E-state index contributed by atoms with van der Waals surface area (Å²) >= 11 is 5.85. The molecule has 0 unspecified atom stereocenters. The molecule has 0 spiro atoms. The van der Waals surface area contributed by atoms with E-state index in [1.54, 1.807) is 0 Å². The molecule has 0 aliphatic carbocycles. The Kier molecular flexibility index (Phi) is 6.17. The second-order valence-electron chi connectivity index (χ2n) is 4.16. The first-order valence-corrected chi connectivity index (χ1v) is 7.64. The fourth-order valence-corrected chi connectivity index (χ4v) is 2.89. The highest BCUT2D eigenvalue weighted by Crippen LogP contribution is 2.22. The Balaban J connectivity index is 2.70. The molecule has 0 saturated carbocycles. The summed E-state index contributed by atoms with van der Waals surface area (Å²) in [4.78, 5) is -0.113. The van der Waals surface area contributed by atoms with Crippen molar-refractivity contribution in [2.24, 2.45) is 0 Å². The van der Waals surface area contributed by atoms with Crippen LogP contribution in [0.25, 0.3) is 0 Å².